The van der Waals surface area contributed by atoms with Gasteiger partial charge in [-0.25, -0.2) is 0 Å². The molecule has 3 heteroatoms. The Morgan fingerprint density at radius 1 is 1.05 bits per heavy atom. The molecule has 0 saturated heterocycles. The van der Waals surface area contributed by atoms with Crippen molar-refractivity contribution in [3.8, 4) is 11.5 Å². The quantitative estimate of drug-likeness (QED) is 0.689. The maximum atomic E-state index is 10.2. The molecule has 0 fully saturated rings. The van der Waals surface area contributed by atoms with E-state index in [2.05, 4.69) is 6.92 Å². The average molecular weight is 292 g/mol. The van der Waals surface area contributed by atoms with Crippen molar-refractivity contribution >= 4 is 0 Å². The van der Waals surface area contributed by atoms with Crippen molar-refractivity contribution in [2.45, 2.75) is 70.5 Å². The normalized spacial score (nSPS) is 18.5. The molecule has 1 aliphatic rings. The molecule has 0 radical (unpaired) electrons. The summed E-state index contributed by atoms with van der Waals surface area (Å²) < 4.78 is 11.5. The molecule has 0 aliphatic carbocycles. The van der Waals surface area contributed by atoms with E-state index in [1.807, 2.05) is 24.3 Å². The van der Waals surface area contributed by atoms with Gasteiger partial charge in [-0.05, 0) is 18.6 Å². The third kappa shape index (κ3) is 5.24. The highest BCUT2D eigenvalue weighted by Gasteiger charge is 2.26. The van der Waals surface area contributed by atoms with Gasteiger partial charge >= 0.3 is 0 Å². The van der Waals surface area contributed by atoms with E-state index in [4.69, 9.17) is 9.47 Å². The number of hydrogen-bond donors (Lipinski definition) is 1. The van der Waals surface area contributed by atoms with Gasteiger partial charge < -0.3 is 14.6 Å². The van der Waals surface area contributed by atoms with E-state index >= 15 is 0 Å². The van der Waals surface area contributed by atoms with Crippen LogP contribution in [-0.4, -0.2) is 23.9 Å². The van der Waals surface area contributed by atoms with E-state index in [-0.39, 0.29) is 6.10 Å². The maximum Gasteiger partial charge on any atom is 0.161 e. The van der Waals surface area contributed by atoms with Gasteiger partial charge in [-0.3, -0.25) is 0 Å². The SMILES string of the molecule is CCCCCCCCCC(O)C1COc2ccccc2O1. The fourth-order valence-corrected chi connectivity index (χ4v) is 2.72. The van der Waals surface area contributed by atoms with E-state index in [1.54, 1.807) is 0 Å². The second kappa shape index (κ2) is 8.93. The summed E-state index contributed by atoms with van der Waals surface area (Å²) >= 11 is 0. The lowest BCUT2D eigenvalue weighted by Gasteiger charge is -2.29. The zero-order valence-corrected chi connectivity index (χ0v) is 13.1. The Morgan fingerprint density at radius 2 is 1.71 bits per heavy atom. The van der Waals surface area contributed by atoms with Crippen molar-refractivity contribution in [1.82, 2.24) is 0 Å². The van der Waals surface area contributed by atoms with Crippen LogP contribution in [0.1, 0.15) is 58.3 Å². The number of fused-ring (bicyclic) bond motifs is 1. The summed E-state index contributed by atoms with van der Waals surface area (Å²) in [5, 5.41) is 10.2. The first-order valence-corrected chi connectivity index (χ1v) is 8.38. The molecule has 2 atom stereocenters. The Morgan fingerprint density at radius 3 is 2.48 bits per heavy atom. The molecule has 0 saturated carbocycles. The summed E-state index contributed by atoms with van der Waals surface area (Å²) in [6.07, 6.45) is 8.96. The van der Waals surface area contributed by atoms with Gasteiger partial charge in [-0.15, -0.1) is 0 Å². The van der Waals surface area contributed by atoms with Gasteiger partial charge in [0.2, 0.25) is 0 Å². The number of aliphatic hydroxyl groups excluding tert-OH is 1. The molecule has 1 aromatic rings. The first-order chi connectivity index (χ1) is 10.3. The van der Waals surface area contributed by atoms with Crippen molar-refractivity contribution in [3.63, 3.8) is 0 Å². The van der Waals surface area contributed by atoms with Crippen molar-refractivity contribution in [3.05, 3.63) is 24.3 Å². The molecule has 0 aromatic heterocycles. The largest absolute Gasteiger partial charge is 0.486 e. The van der Waals surface area contributed by atoms with Crippen LogP contribution in [0.5, 0.6) is 11.5 Å². The van der Waals surface area contributed by atoms with E-state index < -0.39 is 6.10 Å². The minimum absolute atomic E-state index is 0.236. The molecule has 0 amide bonds. The van der Waals surface area contributed by atoms with Crippen LogP contribution < -0.4 is 9.47 Å². The molecule has 1 N–H and O–H groups in total. The summed E-state index contributed by atoms with van der Waals surface area (Å²) in [4.78, 5) is 0. The monoisotopic (exact) mass is 292 g/mol. The van der Waals surface area contributed by atoms with Crippen LogP contribution in [0.15, 0.2) is 24.3 Å². The number of rotatable bonds is 9. The summed E-state index contributed by atoms with van der Waals surface area (Å²) in [5.74, 6) is 1.52. The number of benzene rings is 1. The van der Waals surface area contributed by atoms with E-state index in [9.17, 15) is 5.11 Å². The molecule has 3 nitrogen and oxygen atoms in total. The van der Waals surface area contributed by atoms with Gasteiger partial charge in [-0.1, -0.05) is 64.0 Å². The number of para-hydroxylation sites is 2. The minimum atomic E-state index is -0.436. The highest BCUT2D eigenvalue weighted by Crippen LogP contribution is 2.32. The molecule has 0 bridgehead atoms. The first kappa shape index (κ1) is 16.2. The summed E-state index contributed by atoms with van der Waals surface area (Å²) in [6.45, 7) is 2.68. The number of aliphatic hydroxyl groups is 1. The number of unbranched alkanes of at least 4 members (excludes halogenated alkanes) is 6. The fourth-order valence-electron chi connectivity index (χ4n) is 2.72. The Hall–Kier alpha value is -1.22. The van der Waals surface area contributed by atoms with E-state index in [0.29, 0.717) is 6.61 Å². The van der Waals surface area contributed by atoms with Gasteiger partial charge in [0.25, 0.3) is 0 Å². The molecule has 1 aliphatic heterocycles. The predicted molar refractivity (Wildman–Crippen MR) is 85.0 cm³/mol. The topological polar surface area (TPSA) is 38.7 Å². The Bertz CT molecular complexity index is 405. The lowest BCUT2D eigenvalue weighted by atomic mass is 10.0. The van der Waals surface area contributed by atoms with Gasteiger partial charge in [-0.2, -0.15) is 0 Å². The zero-order valence-electron chi connectivity index (χ0n) is 13.1. The maximum absolute atomic E-state index is 10.2. The molecule has 0 spiro atoms. The van der Waals surface area contributed by atoms with Crippen LogP contribution in [0.4, 0.5) is 0 Å². The second-order valence-corrected chi connectivity index (χ2v) is 5.89. The van der Waals surface area contributed by atoms with Gasteiger partial charge in [0.15, 0.2) is 17.6 Å². The van der Waals surface area contributed by atoms with Crippen molar-refractivity contribution in [2.75, 3.05) is 6.61 Å². The molecule has 1 aromatic carbocycles. The van der Waals surface area contributed by atoms with Crippen LogP contribution in [0.25, 0.3) is 0 Å². The number of ether oxygens (including phenoxy) is 2. The van der Waals surface area contributed by atoms with Gasteiger partial charge in [0.1, 0.15) is 6.61 Å². The standard InChI is InChI=1S/C18H28O3/c1-2-3-4-5-6-7-8-11-15(19)18-14-20-16-12-9-10-13-17(16)21-18/h9-10,12-13,15,18-19H,2-8,11,14H2,1H3. The number of hydrogen-bond acceptors (Lipinski definition) is 3. The van der Waals surface area contributed by atoms with Crippen LogP contribution in [-0.2, 0) is 0 Å². The molecular formula is C18H28O3. The van der Waals surface area contributed by atoms with E-state index in [0.717, 1.165) is 24.3 Å². The van der Waals surface area contributed by atoms with Crippen LogP contribution in [0.3, 0.4) is 0 Å². The third-order valence-electron chi connectivity index (χ3n) is 4.06. The summed E-state index contributed by atoms with van der Waals surface area (Å²) in [7, 11) is 0. The van der Waals surface area contributed by atoms with Crippen molar-refractivity contribution < 1.29 is 14.6 Å². The van der Waals surface area contributed by atoms with Crippen molar-refractivity contribution in [2.24, 2.45) is 0 Å². The van der Waals surface area contributed by atoms with Crippen LogP contribution in [0, 0.1) is 0 Å². The lowest BCUT2D eigenvalue weighted by Crippen LogP contribution is -2.39. The van der Waals surface area contributed by atoms with Crippen LogP contribution >= 0.6 is 0 Å². The summed E-state index contributed by atoms with van der Waals surface area (Å²) in [5.41, 5.74) is 0. The molecular weight excluding hydrogens is 264 g/mol. The fraction of sp³-hybridized carbons (Fsp3) is 0.667. The zero-order chi connectivity index (χ0) is 14.9. The Labute approximate surface area is 128 Å². The minimum Gasteiger partial charge on any atom is -0.486 e. The van der Waals surface area contributed by atoms with Crippen molar-refractivity contribution in [1.29, 1.82) is 0 Å². The molecule has 1 heterocycles. The van der Waals surface area contributed by atoms with E-state index in [1.165, 1.54) is 38.5 Å². The molecule has 21 heavy (non-hydrogen) atoms. The third-order valence-corrected chi connectivity index (χ3v) is 4.06. The molecule has 2 unspecified atom stereocenters. The highest BCUT2D eigenvalue weighted by molar-refractivity contribution is 5.40. The highest BCUT2D eigenvalue weighted by atomic mass is 16.6. The van der Waals surface area contributed by atoms with Gasteiger partial charge in [0, 0.05) is 0 Å². The smallest absolute Gasteiger partial charge is 0.161 e. The molecule has 2 rings (SSSR count). The van der Waals surface area contributed by atoms with Gasteiger partial charge in [0.05, 0.1) is 6.10 Å². The predicted octanol–water partition coefficient (Wildman–Crippen LogP) is 4.33. The Balaban J connectivity index is 1.62. The Kier molecular flexibility index (Phi) is 6.87. The summed E-state index contributed by atoms with van der Waals surface area (Å²) in [6, 6.07) is 7.64. The first-order valence-electron chi connectivity index (χ1n) is 8.38. The molecule has 118 valence electrons. The average Bonchev–Trinajstić information content (AvgIpc) is 2.53. The van der Waals surface area contributed by atoms with Crippen LogP contribution in [0.2, 0.25) is 0 Å². The second-order valence-electron chi connectivity index (χ2n) is 5.89. The lowest BCUT2D eigenvalue weighted by molar-refractivity contribution is -0.0145.